The average Bonchev–Trinajstić information content (AvgIpc) is 2.55. The van der Waals surface area contributed by atoms with Crippen molar-refractivity contribution in [3.63, 3.8) is 0 Å². The van der Waals surface area contributed by atoms with Gasteiger partial charge < -0.3 is 10.5 Å². The summed E-state index contributed by atoms with van der Waals surface area (Å²) in [4.78, 5) is 11.7. The predicted octanol–water partition coefficient (Wildman–Crippen LogP) is 3.99. The number of hydrogen-bond acceptors (Lipinski definition) is 3. The van der Waals surface area contributed by atoms with Crippen LogP contribution >= 0.6 is 0 Å². The van der Waals surface area contributed by atoms with Gasteiger partial charge >= 0.3 is 5.97 Å². The van der Waals surface area contributed by atoms with E-state index in [0.717, 1.165) is 24.9 Å². The highest BCUT2D eigenvalue weighted by atomic mass is 16.5. The minimum absolute atomic E-state index is 0.0700. The third-order valence-corrected chi connectivity index (χ3v) is 4.54. The molecule has 0 saturated carbocycles. The van der Waals surface area contributed by atoms with Gasteiger partial charge in [-0.15, -0.1) is 0 Å². The molecule has 3 nitrogen and oxygen atoms in total. The fourth-order valence-corrected chi connectivity index (χ4v) is 3.32. The molecule has 23 heavy (non-hydrogen) atoms. The lowest BCUT2D eigenvalue weighted by Crippen LogP contribution is -2.19. The first-order valence-electron chi connectivity index (χ1n) is 8.29. The molecule has 0 aromatic heterocycles. The molecule has 3 heteroatoms. The molecule has 0 radical (unpaired) electrons. The van der Waals surface area contributed by atoms with Crippen molar-refractivity contribution >= 4 is 11.7 Å². The van der Waals surface area contributed by atoms with Gasteiger partial charge in [0.2, 0.25) is 0 Å². The van der Waals surface area contributed by atoms with E-state index in [2.05, 4.69) is 30.3 Å². The quantitative estimate of drug-likeness (QED) is 0.686. The predicted molar refractivity (Wildman–Crippen MR) is 93.1 cm³/mol. The minimum atomic E-state index is -0.0700. The molecule has 2 aromatic rings. The Kier molecular flexibility index (Phi) is 4.65. The third-order valence-electron chi connectivity index (χ3n) is 4.54. The van der Waals surface area contributed by atoms with Crippen molar-refractivity contribution in [2.75, 3.05) is 12.3 Å². The number of fused-ring (bicyclic) bond motifs is 1. The summed E-state index contributed by atoms with van der Waals surface area (Å²) < 4.78 is 5.07. The molecular formula is C20H23NO2. The van der Waals surface area contributed by atoms with E-state index >= 15 is 0 Å². The van der Waals surface area contributed by atoms with Crippen LogP contribution in [0.25, 0.3) is 11.1 Å². The second-order valence-corrected chi connectivity index (χ2v) is 6.22. The Bertz CT molecular complexity index is 691. The van der Waals surface area contributed by atoms with Crippen molar-refractivity contribution in [1.82, 2.24) is 0 Å². The summed E-state index contributed by atoms with van der Waals surface area (Å²) in [6, 6.07) is 14.6. The topological polar surface area (TPSA) is 52.3 Å². The van der Waals surface area contributed by atoms with Crippen LogP contribution < -0.4 is 5.73 Å². The number of nitrogen functional groups attached to an aromatic ring is 1. The van der Waals surface area contributed by atoms with E-state index in [1.54, 1.807) is 0 Å². The van der Waals surface area contributed by atoms with Gasteiger partial charge in [-0.2, -0.15) is 0 Å². The van der Waals surface area contributed by atoms with Gasteiger partial charge in [0, 0.05) is 12.1 Å². The Hall–Kier alpha value is -2.29. The van der Waals surface area contributed by atoms with Crippen molar-refractivity contribution < 1.29 is 9.53 Å². The number of carbonyl (C=O) groups excluding carboxylic acids is 1. The first-order chi connectivity index (χ1) is 11.2. The zero-order chi connectivity index (χ0) is 16.2. The maximum absolute atomic E-state index is 11.7. The average molecular weight is 309 g/mol. The molecular weight excluding hydrogens is 286 g/mol. The summed E-state index contributed by atoms with van der Waals surface area (Å²) in [5.41, 5.74) is 11.7. The van der Waals surface area contributed by atoms with Crippen LogP contribution in [0.5, 0.6) is 0 Å². The lowest BCUT2D eigenvalue weighted by Gasteiger charge is -2.24. The van der Waals surface area contributed by atoms with Crippen LogP contribution in [-0.4, -0.2) is 12.6 Å². The van der Waals surface area contributed by atoms with Crippen LogP contribution in [0.1, 0.15) is 30.9 Å². The molecule has 1 aliphatic rings. The second kappa shape index (κ2) is 6.86. The van der Waals surface area contributed by atoms with Crippen LogP contribution in [-0.2, 0) is 22.4 Å². The summed E-state index contributed by atoms with van der Waals surface area (Å²) in [6.45, 7) is 2.32. The number of carbonyl (C=O) groups is 1. The number of esters is 1. The van der Waals surface area contributed by atoms with Gasteiger partial charge in [0.1, 0.15) is 0 Å². The minimum Gasteiger partial charge on any atom is -0.466 e. The van der Waals surface area contributed by atoms with Gasteiger partial charge in [-0.1, -0.05) is 30.3 Å². The molecule has 0 aliphatic heterocycles. The van der Waals surface area contributed by atoms with E-state index in [4.69, 9.17) is 10.5 Å². The number of benzene rings is 2. The fourth-order valence-electron chi connectivity index (χ4n) is 3.32. The lowest BCUT2D eigenvalue weighted by molar-refractivity contribution is -0.144. The Labute approximate surface area is 137 Å². The molecule has 3 rings (SSSR count). The maximum Gasteiger partial charge on any atom is 0.306 e. The SMILES string of the molecule is CCOC(=O)CC1CCc2cc(-c3ccc(N)cc3)ccc2C1. The zero-order valence-corrected chi connectivity index (χ0v) is 13.5. The van der Waals surface area contributed by atoms with Crippen LogP contribution in [0, 0.1) is 5.92 Å². The van der Waals surface area contributed by atoms with E-state index in [9.17, 15) is 4.79 Å². The van der Waals surface area contributed by atoms with E-state index in [1.807, 2.05) is 19.1 Å². The standard InChI is InChI=1S/C20H23NO2/c1-2-23-20(22)12-14-3-4-18-13-17(6-5-16(18)11-14)15-7-9-19(21)10-8-15/h5-10,13-14H,2-4,11-12,21H2,1H3. The summed E-state index contributed by atoms with van der Waals surface area (Å²) in [5, 5.41) is 0. The van der Waals surface area contributed by atoms with Crippen molar-refractivity contribution in [3.8, 4) is 11.1 Å². The normalized spacial score (nSPS) is 16.7. The van der Waals surface area contributed by atoms with E-state index in [-0.39, 0.29) is 5.97 Å². The van der Waals surface area contributed by atoms with Gasteiger partial charge in [-0.25, -0.2) is 0 Å². The Balaban J connectivity index is 1.73. The molecule has 2 N–H and O–H groups in total. The largest absolute Gasteiger partial charge is 0.466 e. The smallest absolute Gasteiger partial charge is 0.306 e. The summed E-state index contributed by atoms with van der Waals surface area (Å²) in [6.07, 6.45) is 3.59. The monoisotopic (exact) mass is 309 g/mol. The highest BCUT2D eigenvalue weighted by Gasteiger charge is 2.22. The van der Waals surface area contributed by atoms with Gasteiger partial charge in [0.25, 0.3) is 0 Å². The van der Waals surface area contributed by atoms with E-state index in [0.29, 0.717) is 18.9 Å². The molecule has 0 saturated heterocycles. The number of nitrogens with two attached hydrogens (primary N) is 1. The number of rotatable bonds is 4. The number of anilines is 1. The van der Waals surface area contributed by atoms with Crippen molar-refractivity contribution in [1.29, 1.82) is 0 Å². The van der Waals surface area contributed by atoms with E-state index in [1.165, 1.54) is 22.3 Å². The summed E-state index contributed by atoms with van der Waals surface area (Å²) in [7, 11) is 0. The fraction of sp³-hybridized carbons (Fsp3) is 0.350. The summed E-state index contributed by atoms with van der Waals surface area (Å²) in [5.74, 6) is 0.336. The molecule has 0 spiro atoms. The molecule has 0 heterocycles. The second-order valence-electron chi connectivity index (χ2n) is 6.22. The first-order valence-corrected chi connectivity index (χ1v) is 8.29. The van der Waals surface area contributed by atoms with Gasteiger partial charge in [0.15, 0.2) is 0 Å². The highest BCUT2D eigenvalue weighted by molar-refractivity contribution is 5.70. The molecule has 1 aliphatic carbocycles. The van der Waals surface area contributed by atoms with Gasteiger partial charge in [0.05, 0.1) is 6.61 Å². The van der Waals surface area contributed by atoms with Crippen LogP contribution in [0.15, 0.2) is 42.5 Å². The molecule has 0 fully saturated rings. The number of ether oxygens (including phenoxy) is 1. The Morgan fingerprint density at radius 2 is 1.87 bits per heavy atom. The van der Waals surface area contributed by atoms with Crippen LogP contribution in [0.2, 0.25) is 0 Å². The first kappa shape index (κ1) is 15.6. The van der Waals surface area contributed by atoms with Crippen molar-refractivity contribution in [2.45, 2.75) is 32.6 Å². The zero-order valence-electron chi connectivity index (χ0n) is 13.5. The molecule has 2 aromatic carbocycles. The highest BCUT2D eigenvalue weighted by Crippen LogP contribution is 2.31. The van der Waals surface area contributed by atoms with Crippen LogP contribution in [0.4, 0.5) is 5.69 Å². The van der Waals surface area contributed by atoms with Gasteiger partial charge in [-0.05, 0) is 66.5 Å². The van der Waals surface area contributed by atoms with Crippen molar-refractivity contribution in [2.24, 2.45) is 5.92 Å². The molecule has 1 atom stereocenters. The third kappa shape index (κ3) is 3.73. The Morgan fingerprint density at radius 1 is 1.13 bits per heavy atom. The Morgan fingerprint density at radius 3 is 2.61 bits per heavy atom. The molecule has 120 valence electrons. The molecule has 0 bridgehead atoms. The lowest BCUT2D eigenvalue weighted by atomic mass is 9.81. The maximum atomic E-state index is 11.7. The molecule has 0 amide bonds. The number of aryl methyl sites for hydroxylation is 1. The van der Waals surface area contributed by atoms with Crippen molar-refractivity contribution in [3.05, 3.63) is 53.6 Å². The molecule has 1 unspecified atom stereocenters. The van der Waals surface area contributed by atoms with Gasteiger partial charge in [-0.3, -0.25) is 4.79 Å². The number of hydrogen-bond donors (Lipinski definition) is 1. The van der Waals surface area contributed by atoms with Crippen LogP contribution in [0.3, 0.4) is 0 Å². The summed E-state index contributed by atoms with van der Waals surface area (Å²) >= 11 is 0. The van der Waals surface area contributed by atoms with E-state index < -0.39 is 0 Å².